The Bertz CT molecular complexity index is 416. The Morgan fingerprint density at radius 2 is 1.88 bits per heavy atom. The van der Waals surface area contributed by atoms with Gasteiger partial charge >= 0.3 is 12.0 Å². The van der Waals surface area contributed by atoms with E-state index in [1.54, 1.807) is 30.3 Å². The Morgan fingerprint density at radius 1 is 1.25 bits per heavy atom. The zero-order valence-corrected chi connectivity index (χ0v) is 8.03. The van der Waals surface area contributed by atoms with Crippen molar-refractivity contribution in [3.63, 3.8) is 0 Å². The lowest BCUT2D eigenvalue weighted by Gasteiger charge is -2.22. The summed E-state index contributed by atoms with van der Waals surface area (Å²) in [5.74, 6) is -3.20. The molecule has 0 bridgehead atoms. The van der Waals surface area contributed by atoms with Crippen molar-refractivity contribution in [2.45, 2.75) is 18.4 Å². The second-order valence-corrected chi connectivity index (χ2v) is 3.45. The van der Waals surface area contributed by atoms with Gasteiger partial charge in [0.1, 0.15) is 0 Å². The molecule has 0 unspecified atom stereocenters. The molecule has 0 aromatic heterocycles. The molecule has 1 aliphatic rings. The maximum atomic E-state index is 12.4. The number of nitrogens with zero attached hydrogens (tertiary/aromatic N) is 1. The molecule has 1 heterocycles. The van der Waals surface area contributed by atoms with Crippen LogP contribution >= 0.6 is 0 Å². The molecule has 0 fully saturated rings. The molecule has 1 N–H and O–H groups in total. The number of hydrogen-bond donors (Lipinski definition) is 1. The molecule has 1 aromatic rings. The summed E-state index contributed by atoms with van der Waals surface area (Å²) in [5.41, 5.74) is 0.586. The number of alkyl halides is 3. The average Bonchev–Trinajstić information content (AvgIpc) is 2.63. The predicted molar refractivity (Wildman–Crippen MR) is 49.7 cm³/mol. The van der Waals surface area contributed by atoms with Crippen LogP contribution in [0.4, 0.5) is 13.2 Å². The lowest BCUT2D eigenvalue weighted by Crippen LogP contribution is -2.45. The van der Waals surface area contributed by atoms with Crippen molar-refractivity contribution in [3.05, 3.63) is 35.9 Å². The standard InChI is InChI=1S/C10H8F3NO2/c11-10(12,13)9(15)6-8(14-16-9)7-4-2-1-3-5-7/h1-5,15H,6H2/t9-/m1/s1. The maximum absolute atomic E-state index is 12.4. The van der Waals surface area contributed by atoms with Gasteiger partial charge in [0.2, 0.25) is 0 Å². The monoisotopic (exact) mass is 231 g/mol. The number of hydrogen-bond acceptors (Lipinski definition) is 3. The molecule has 16 heavy (non-hydrogen) atoms. The fourth-order valence-electron chi connectivity index (χ4n) is 1.36. The summed E-state index contributed by atoms with van der Waals surface area (Å²) < 4.78 is 37.2. The maximum Gasteiger partial charge on any atom is 0.458 e. The van der Waals surface area contributed by atoms with E-state index in [0.717, 1.165) is 0 Å². The summed E-state index contributed by atoms with van der Waals surface area (Å²) in [6.07, 6.45) is -5.55. The third-order valence-electron chi connectivity index (χ3n) is 2.26. The first-order valence-electron chi connectivity index (χ1n) is 4.52. The lowest BCUT2D eigenvalue weighted by atomic mass is 10.0. The van der Waals surface area contributed by atoms with Crippen LogP contribution in [0.5, 0.6) is 0 Å². The van der Waals surface area contributed by atoms with Crippen molar-refractivity contribution < 1.29 is 23.1 Å². The molecule has 0 radical (unpaired) electrons. The highest BCUT2D eigenvalue weighted by Crippen LogP contribution is 2.38. The average molecular weight is 231 g/mol. The molecule has 0 amide bonds. The predicted octanol–water partition coefficient (Wildman–Crippen LogP) is 2.06. The van der Waals surface area contributed by atoms with E-state index in [2.05, 4.69) is 9.99 Å². The minimum Gasteiger partial charge on any atom is -0.350 e. The first-order valence-corrected chi connectivity index (χ1v) is 4.52. The Labute approximate surface area is 89.1 Å². The van der Waals surface area contributed by atoms with Gasteiger partial charge in [-0.3, -0.25) is 0 Å². The highest BCUT2D eigenvalue weighted by Gasteiger charge is 2.60. The fraction of sp³-hybridized carbons (Fsp3) is 0.300. The van der Waals surface area contributed by atoms with Crippen molar-refractivity contribution in [1.82, 2.24) is 0 Å². The highest BCUT2D eigenvalue weighted by molar-refractivity contribution is 6.01. The normalized spacial score (nSPS) is 25.1. The Morgan fingerprint density at radius 3 is 2.38 bits per heavy atom. The molecule has 1 atom stereocenters. The molecule has 86 valence electrons. The highest BCUT2D eigenvalue weighted by atomic mass is 19.4. The summed E-state index contributed by atoms with van der Waals surface area (Å²) in [6, 6.07) is 8.27. The van der Waals surface area contributed by atoms with Crippen LogP contribution in [0.15, 0.2) is 35.5 Å². The van der Waals surface area contributed by atoms with Gasteiger partial charge < -0.3 is 9.94 Å². The molecule has 0 saturated carbocycles. The summed E-state index contributed by atoms with van der Waals surface area (Å²) in [4.78, 5) is 4.09. The molecule has 2 rings (SSSR count). The molecule has 0 spiro atoms. The fourth-order valence-corrected chi connectivity index (χ4v) is 1.36. The number of rotatable bonds is 1. The van der Waals surface area contributed by atoms with Gasteiger partial charge in [-0.1, -0.05) is 35.5 Å². The van der Waals surface area contributed by atoms with Gasteiger partial charge in [-0.15, -0.1) is 0 Å². The molecule has 1 aromatic carbocycles. The van der Waals surface area contributed by atoms with E-state index in [-0.39, 0.29) is 5.71 Å². The minimum absolute atomic E-state index is 0.0837. The molecular formula is C10H8F3NO2. The van der Waals surface area contributed by atoms with E-state index in [1.165, 1.54) is 0 Å². The van der Waals surface area contributed by atoms with E-state index in [4.69, 9.17) is 0 Å². The van der Waals surface area contributed by atoms with Crippen LogP contribution in [-0.4, -0.2) is 22.8 Å². The van der Waals surface area contributed by atoms with E-state index >= 15 is 0 Å². The van der Waals surface area contributed by atoms with Gasteiger partial charge in [0, 0.05) is 0 Å². The third kappa shape index (κ3) is 1.76. The van der Waals surface area contributed by atoms with Crippen LogP contribution in [0.25, 0.3) is 0 Å². The minimum atomic E-state index is -4.85. The van der Waals surface area contributed by atoms with Crippen molar-refractivity contribution >= 4 is 5.71 Å². The van der Waals surface area contributed by atoms with E-state index < -0.39 is 18.4 Å². The van der Waals surface area contributed by atoms with Crippen molar-refractivity contribution in [2.75, 3.05) is 0 Å². The largest absolute Gasteiger partial charge is 0.458 e. The van der Waals surface area contributed by atoms with Gasteiger partial charge in [-0.25, -0.2) is 0 Å². The molecule has 0 aliphatic carbocycles. The van der Waals surface area contributed by atoms with E-state index in [1.807, 2.05) is 0 Å². The molecule has 6 heteroatoms. The van der Waals surface area contributed by atoms with E-state index in [9.17, 15) is 18.3 Å². The summed E-state index contributed by atoms with van der Waals surface area (Å²) in [7, 11) is 0. The van der Waals surface area contributed by atoms with Gasteiger partial charge in [-0.2, -0.15) is 13.2 Å². The molecule has 3 nitrogen and oxygen atoms in total. The van der Waals surface area contributed by atoms with Crippen LogP contribution in [0.1, 0.15) is 12.0 Å². The van der Waals surface area contributed by atoms with Crippen LogP contribution in [-0.2, 0) is 4.84 Å². The SMILES string of the molecule is O[C@]1(C(F)(F)F)CC(c2ccccc2)=NO1. The molecule has 1 aliphatic heterocycles. The summed E-state index contributed by atoms with van der Waals surface area (Å²) in [6.45, 7) is 0. The first kappa shape index (κ1) is 10.9. The zero-order valence-electron chi connectivity index (χ0n) is 8.03. The van der Waals surface area contributed by atoms with Crippen LogP contribution in [0.3, 0.4) is 0 Å². The lowest BCUT2D eigenvalue weighted by molar-refractivity contribution is -0.355. The smallest absolute Gasteiger partial charge is 0.350 e. The van der Waals surface area contributed by atoms with Crippen LogP contribution in [0, 0.1) is 0 Å². The topological polar surface area (TPSA) is 41.8 Å². The first-order chi connectivity index (χ1) is 7.42. The van der Waals surface area contributed by atoms with E-state index in [0.29, 0.717) is 5.56 Å². The van der Waals surface area contributed by atoms with Gasteiger partial charge in [0.25, 0.3) is 0 Å². The second-order valence-electron chi connectivity index (χ2n) is 3.45. The van der Waals surface area contributed by atoms with Crippen molar-refractivity contribution in [1.29, 1.82) is 0 Å². The number of halogens is 3. The Hall–Kier alpha value is -1.56. The van der Waals surface area contributed by atoms with Gasteiger partial charge in [0.15, 0.2) is 0 Å². The van der Waals surface area contributed by atoms with Crippen LogP contribution in [0.2, 0.25) is 0 Å². The number of oxime groups is 1. The Balaban J connectivity index is 2.20. The quantitative estimate of drug-likeness (QED) is 0.803. The summed E-state index contributed by atoms with van der Waals surface area (Å²) >= 11 is 0. The summed E-state index contributed by atoms with van der Waals surface area (Å²) in [5, 5.41) is 12.5. The van der Waals surface area contributed by atoms with Crippen molar-refractivity contribution in [2.24, 2.45) is 5.16 Å². The Kier molecular flexibility index (Phi) is 2.38. The van der Waals surface area contributed by atoms with Gasteiger partial charge in [0.05, 0.1) is 12.1 Å². The number of benzene rings is 1. The van der Waals surface area contributed by atoms with Crippen molar-refractivity contribution in [3.8, 4) is 0 Å². The molecule has 0 saturated heterocycles. The third-order valence-corrected chi connectivity index (χ3v) is 2.26. The van der Waals surface area contributed by atoms with Crippen LogP contribution < -0.4 is 0 Å². The molecular weight excluding hydrogens is 223 g/mol. The zero-order chi connectivity index (χ0) is 11.8. The number of aliphatic hydroxyl groups is 1. The second kappa shape index (κ2) is 3.48. The van der Waals surface area contributed by atoms with Gasteiger partial charge in [-0.05, 0) is 5.56 Å².